The fourth-order valence-electron chi connectivity index (χ4n) is 2.02. The maximum Gasteiger partial charge on any atom is 0.186 e. The summed E-state index contributed by atoms with van der Waals surface area (Å²) in [4.78, 5) is 0. The highest BCUT2D eigenvalue weighted by Gasteiger charge is 2.44. The molecule has 0 saturated carbocycles. The monoisotopic (exact) mass is 254 g/mol. The third kappa shape index (κ3) is 2.88. The molecule has 0 spiro atoms. The molecule has 0 unspecified atom stereocenters. The van der Waals surface area contributed by atoms with Crippen molar-refractivity contribution in [1.82, 2.24) is 0 Å². The lowest BCUT2D eigenvalue weighted by Crippen LogP contribution is -2.36. The van der Waals surface area contributed by atoms with E-state index in [1.807, 2.05) is 30.3 Å². The fourth-order valence-corrected chi connectivity index (χ4v) is 2.02. The Morgan fingerprint density at radius 3 is 2.61 bits per heavy atom. The summed E-state index contributed by atoms with van der Waals surface area (Å²) in [6, 6.07) is 9.63. The van der Waals surface area contributed by atoms with Gasteiger partial charge in [0.05, 0.1) is 13.2 Å². The molecule has 1 aliphatic heterocycles. The van der Waals surface area contributed by atoms with E-state index in [9.17, 15) is 10.2 Å². The van der Waals surface area contributed by atoms with Gasteiger partial charge in [-0.3, -0.25) is 0 Å². The Labute approximate surface area is 106 Å². The number of methoxy groups -OCH3 is 1. The van der Waals surface area contributed by atoms with Crippen LogP contribution >= 0.6 is 0 Å². The van der Waals surface area contributed by atoms with Crippen molar-refractivity contribution in [1.29, 1.82) is 0 Å². The van der Waals surface area contributed by atoms with Gasteiger partial charge in [0, 0.05) is 7.11 Å². The molecule has 5 nitrogen and oxygen atoms in total. The van der Waals surface area contributed by atoms with Crippen LogP contribution in [0.15, 0.2) is 30.3 Å². The van der Waals surface area contributed by atoms with Gasteiger partial charge in [-0.25, -0.2) is 0 Å². The van der Waals surface area contributed by atoms with Gasteiger partial charge >= 0.3 is 0 Å². The number of rotatable bonds is 5. The van der Waals surface area contributed by atoms with E-state index in [1.165, 1.54) is 7.11 Å². The highest BCUT2D eigenvalue weighted by molar-refractivity contribution is 5.13. The van der Waals surface area contributed by atoms with Crippen LogP contribution in [0.2, 0.25) is 0 Å². The summed E-state index contributed by atoms with van der Waals surface area (Å²) in [6.45, 7) is 0.148. The summed E-state index contributed by atoms with van der Waals surface area (Å²) in [6.07, 6.45) is -2.78. The number of ether oxygens (including phenoxy) is 3. The van der Waals surface area contributed by atoms with Crippen LogP contribution in [0.4, 0.5) is 0 Å². The summed E-state index contributed by atoms with van der Waals surface area (Å²) in [5.41, 5.74) is 1.00. The molecule has 0 bridgehead atoms. The molecule has 0 aliphatic carbocycles. The van der Waals surface area contributed by atoms with Crippen LogP contribution in [0.3, 0.4) is 0 Å². The molecule has 0 aromatic heterocycles. The lowest BCUT2D eigenvalue weighted by atomic mass is 10.1. The molecule has 0 amide bonds. The lowest BCUT2D eigenvalue weighted by Gasteiger charge is -2.19. The average Bonchev–Trinajstić information content (AvgIpc) is 2.73. The van der Waals surface area contributed by atoms with E-state index in [1.54, 1.807) is 0 Å². The maximum atomic E-state index is 9.94. The lowest BCUT2D eigenvalue weighted by molar-refractivity contribution is -0.153. The third-order valence-corrected chi connectivity index (χ3v) is 2.99. The first-order chi connectivity index (χ1) is 8.76. The minimum Gasteiger partial charge on any atom is -0.394 e. The molecule has 5 heteroatoms. The Hall–Kier alpha value is -0.980. The smallest absolute Gasteiger partial charge is 0.186 e. The molecular weight excluding hydrogens is 236 g/mol. The van der Waals surface area contributed by atoms with Gasteiger partial charge in [0.25, 0.3) is 0 Å². The average molecular weight is 254 g/mol. The highest BCUT2D eigenvalue weighted by atomic mass is 16.7. The van der Waals surface area contributed by atoms with Crippen LogP contribution in [0, 0.1) is 0 Å². The van der Waals surface area contributed by atoms with Crippen molar-refractivity contribution in [2.75, 3.05) is 13.7 Å². The second-order valence-electron chi connectivity index (χ2n) is 4.21. The first-order valence-electron chi connectivity index (χ1n) is 5.89. The largest absolute Gasteiger partial charge is 0.394 e. The van der Waals surface area contributed by atoms with Gasteiger partial charge < -0.3 is 24.4 Å². The molecule has 4 atom stereocenters. The molecule has 1 aromatic carbocycles. The standard InChI is InChI=1S/C13H18O5/c1-16-13-11(15)12(10(7-14)18-13)17-8-9-5-3-2-4-6-9/h2-6,10-15H,7-8H2,1H3/t10-,11-,12+,13+/m1/s1. The van der Waals surface area contributed by atoms with Crippen LogP contribution in [0.25, 0.3) is 0 Å². The van der Waals surface area contributed by atoms with Crippen molar-refractivity contribution < 1.29 is 24.4 Å². The normalized spacial score (nSPS) is 31.7. The number of benzene rings is 1. The predicted molar refractivity (Wildman–Crippen MR) is 63.8 cm³/mol. The van der Waals surface area contributed by atoms with Crippen molar-refractivity contribution in [2.45, 2.75) is 31.2 Å². The summed E-state index contributed by atoms with van der Waals surface area (Å²) < 4.78 is 15.9. The van der Waals surface area contributed by atoms with E-state index in [2.05, 4.69) is 0 Å². The van der Waals surface area contributed by atoms with Crippen LogP contribution in [-0.4, -0.2) is 48.5 Å². The van der Waals surface area contributed by atoms with Crippen LogP contribution in [0.1, 0.15) is 5.56 Å². The zero-order valence-corrected chi connectivity index (χ0v) is 10.2. The van der Waals surface area contributed by atoms with E-state index >= 15 is 0 Å². The van der Waals surface area contributed by atoms with Gasteiger partial charge in [-0.2, -0.15) is 0 Å². The van der Waals surface area contributed by atoms with Crippen molar-refractivity contribution >= 4 is 0 Å². The Morgan fingerprint density at radius 2 is 2.00 bits per heavy atom. The SMILES string of the molecule is CO[C@H]1O[C@H](CO)[C@H](OCc2ccccc2)[C@H]1O. The zero-order valence-electron chi connectivity index (χ0n) is 10.2. The number of aliphatic hydroxyl groups excluding tert-OH is 2. The zero-order chi connectivity index (χ0) is 13.0. The van der Waals surface area contributed by atoms with E-state index < -0.39 is 24.6 Å². The fraction of sp³-hybridized carbons (Fsp3) is 0.538. The number of hydrogen-bond donors (Lipinski definition) is 2. The molecular formula is C13H18O5. The van der Waals surface area contributed by atoms with Crippen molar-refractivity contribution in [3.8, 4) is 0 Å². The molecule has 2 rings (SSSR count). The Kier molecular flexibility index (Phi) is 4.68. The van der Waals surface area contributed by atoms with Gasteiger partial charge in [-0.1, -0.05) is 30.3 Å². The Morgan fingerprint density at radius 1 is 1.28 bits per heavy atom. The second kappa shape index (κ2) is 6.26. The van der Waals surface area contributed by atoms with Gasteiger partial charge in [-0.15, -0.1) is 0 Å². The van der Waals surface area contributed by atoms with E-state index in [-0.39, 0.29) is 6.61 Å². The minimum atomic E-state index is -0.893. The molecule has 18 heavy (non-hydrogen) atoms. The van der Waals surface area contributed by atoms with E-state index in [0.29, 0.717) is 6.61 Å². The molecule has 2 N–H and O–H groups in total. The summed E-state index contributed by atoms with van der Waals surface area (Å²) in [5, 5.41) is 19.1. The first-order valence-corrected chi connectivity index (χ1v) is 5.89. The van der Waals surface area contributed by atoms with E-state index in [4.69, 9.17) is 14.2 Å². The van der Waals surface area contributed by atoms with E-state index in [0.717, 1.165) is 5.56 Å². The molecule has 1 aliphatic rings. The molecule has 0 radical (unpaired) electrons. The quantitative estimate of drug-likeness (QED) is 0.791. The van der Waals surface area contributed by atoms with Gasteiger partial charge in [0.15, 0.2) is 6.29 Å². The maximum absolute atomic E-state index is 9.94. The number of hydrogen-bond acceptors (Lipinski definition) is 5. The molecule has 1 saturated heterocycles. The molecule has 1 fully saturated rings. The van der Waals surface area contributed by atoms with Crippen molar-refractivity contribution in [3.63, 3.8) is 0 Å². The summed E-state index contributed by atoms with van der Waals surface area (Å²) >= 11 is 0. The summed E-state index contributed by atoms with van der Waals surface area (Å²) in [7, 11) is 1.45. The molecule has 1 aromatic rings. The van der Waals surface area contributed by atoms with Crippen molar-refractivity contribution in [2.24, 2.45) is 0 Å². The van der Waals surface area contributed by atoms with Gasteiger partial charge in [0.2, 0.25) is 0 Å². The Balaban J connectivity index is 1.95. The topological polar surface area (TPSA) is 68.2 Å². The third-order valence-electron chi connectivity index (χ3n) is 2.99. The number of aliphatic hydroxyl groups is 2. The first kappa shape index (κ1) is 13.5. The van der Waals surface area contributed by atoms with Crippen LogP contribution in [0.5, 0.6) is 0 Å². The van der Waals surface area contributed by atoms with Crippen molar-refractivity contribution in [3.05, 3.63) is 35.9 Å². The van der Waals surface area contributed by atoms with Gasteiger partial charge in [0.1, 0.15) is 18.3 Å². The predicted octanol–water partition coefficient (Wildman–Crippen LogP) is 0.296. The second-order valence-corrected chi connectivity index (χ2v) is 4.21. The summed E-state index contributed by atoms with van der Waals surface area (Å²) in [5.74, 6) is 0. The van der Waals surface area contributed by atoms with Crippen LogP contribution in [-0.2, 0) is 20.8 Å². The van der Waals surface area contributed by atoms with Gasteiger partial charge in [-0.05, 0) is 5.56 Å². The molecule has 1 heterocycles. The van der Waals surface area contributed by atoms with Crippen LogP contribution < -0.4 is 0 Å². The molecule has 100 valence electrons. The minimum absolute atomic E-state index is 0.212. The highest BCUT2D eigenvalue weighted by Crippen LogP contribution is 2.25. The Bertz CT molecular complexity index is 354.